The van der Waals surface area contributed by atoms with Crippen LogP contribution in [0.2, 0.25) is 0 Å². The summed E-state index contributed by atoms with van der Waals surface area (Å²) in [5.74, 6) is 2.28. The number of hydrogen-bond acceptors (Lipinski definition) is 8. The van der Waals surface area contributed by atoms with E-state index in [-0.39, 0.29) is 12.3 Å². The number of carbonyl (C=O) groups excluding carboxylic acids is 1. The normalized spacial score (nSPS) is 10.7. The molecule has 2 aromatic carbocycles. The van der Waals surface area contributed by atoms with Crippen molar-refractivity contribution in [3.8, 4) is 28.5 Å². The van der Waals surface area contributed by atoms with E-state index in [0.29, 0.717) is 41.1 Å². The summed E-state index contributed by atoms with van der Waals surface area (Å²) in [6.45, 7) is 1.71. The fourth-order valence-electron chi connectivity index (χ4n) is 2.84. The molecule has 0 aliphatic carbocycles. The number of aryl methyl sites for hydroxylation is 2. The average Bonchev–Trinajstić information content (AvgIpc) is 3.42. The average molecular weight is 405 g/mol. The Bertz CT molecular complexity index is 1150. The SMILES string of the molecule is COc1ccc(-c2noc(CCC(=O)Nc3ccccc3-c3noc(C)n3)n2)cc1. The van der Waals surface area contributed by atoms with E-state index in [9.17, 15) is 4.79 Å². The molecule has 4 aromatic rings. The topological polar surface area (TPSA) is 116 Å². The molecule has 2 heterocycles. The molecule has 0 spiro atoms. The van der Waals surface area contributed by atoms with Crippen molar-refractivity contribution in [2.75, 3.05) is 12.4 Å². The van der Waals surface area contributed by atoms with Gasteiger partial charge in [0.1, 0.15) is 5.75 Å². The van der Waals surface area contributed by atoms with Crippen molar-refractivity contribution in [3.63, 3.8) is 0 Å². The number of anilines is 1. The molecule has 0 radical (unpaired) electrons. The van der Waals surface area contributed by atoms with Gasteiger partial charge in [0.25, 0.3) is 0 Å². The number of ether oxygens (including phenoxy) is 1. The predicted molar refractivity (Wildman–Crippen MR) is 108 cm³/mol. The standard InChI is InChI=1S/C21H19N5O4/c1-13-22-21(26-29-13)16-5-3-4-6-17(16)23-18(27)11-12-19-24-20(25-30-19)14-7-9-15(28-2)10-8-14/h3-10H,11-12H2,1-2H3,(H,23,27). The fraction of sp³-hybridized carbons (Fsp3) is 0.190. The minimum absolute atomic E-state index is 0.184. The summed E-state index contributed by atoms with van der Waals surface area (Å²) in [4.78, 5) is 21.0. The van der Waals surface area contributed by atoms with Crippen LogP contribution < -0.4 is 10.1 Å². The van der Waals surface area contributed by atoms with Crippen molar-refractivity contribution >= 4 is 11.6 Å². The lowest BCUT2D eigenvalue weighted by molar-refractivity contribution is -0.116. The maximum Gasteiger partial charge on any atom is 0.227 e. The molecule has 4 rings (SSSR count). The molecular weight excluding hydrogens is 386 g/mol. The van der Waals surface area contributed by atoms with Crippen molar-refractivity contribution in [2.45, 2.75) is 19.8 Å². The van der Waals surface area contributed by atoms with Gasteiger partial charge in [-0.15, -0.1) is 0 Å². The summed E-state index contributed by atoms with van der Waals surface area (Å²) in [5.41, 5.74) is 2.09. The van der Waals surface area contributed by atoms with Crippen LogP contribution in [0, 0.1) is 6.92 Å². The largest absolute Gasteiger partial charge is 0.497 e. The van der Waals surface area contributed by atoms with Crippen LogP contribution in [0.1, 0.15) is 18.2 Å². The summed E-state index contributed by atoms with van der Waals surface area (Å²) < 4.78 is 15.4. The third-order valence-electron chi connectivity index (χ3n) is 4.35. The van der Waals surface area contributed by atoms with Gasteiger partial charge in [-0.2, -0.15) is 9.97 Å². The molecule has 9 nitrogen and oxygen atoms in total. The smallest absolute Gasteiger partial charge is 0.227 e. The predicted octanol–water partition coefficient (Wildman–Crippen LogP) is 3.67. The molecule has 0 aliphatic rings. The summed E-state index contributed by atoms with van der Waals surface area (Å²) in [6, 6.07) is 14.6. The quantitative estimate of drug-likeness (QED) is 0.495. The molecule has 1 amide bonds. The third-order valence-corrected chi connectivity index (χ3v) is 4.35. The number of nitrogens with one attached hydrogen (secondary N) is 1. The zero-order chi connectivity index (χ0) is 20.9. The van der Waals surface area contributed by atoms with Crippen LogP contribution in [0.4, 0.5) is 5.69 Å². The molecule has 0 fully saturated rings. The summed E-state index contributed by atoms with van der Waals surface area (Å²) in [6.07, 6.45) is 0.502. The van der Waals surface area contributed by atoms with Crippen molar-refractivity contribution < 1.29 is 18.6 Å². The van der Waals surface area contributed by atoms with Gasteiger partial charge in [-0.1, -0.05) is 22.4 Å². The maximum atomic E-state index is 12.4. The first kappa shape index (κ1) is 19.3. The number of amides is 1. The Labute approximate surface area is 172 Å². The van der Waals surface area contributed by atoms with Crippen molar-refractivity contribution in [2.24, 2.45) is 0 Å². The molecule has 0 bridgehead atoms. The van der Waals surface area contributed by atoms with Gasteiger partial charge in [-0.25, -0.2) is 0 Å². The van der Waals surface area contributed by atoms with Gasteiger partial charge >= 0.3 is 0 Å². The minimum Gasteiger partial charge on any atom is -0.497 e. The number of hydrogen-bond donors (Lipinski definition) is 1. The second-order valence-electron chi connectivity index (χ2n) is 6.47. The van der Waals surface area contributed by atoms with Gasteiger partial charge in [0.05, 0.1) is 12.8 Å². The number of benzene rings is 2. The molecule has 0 atom stereocenters. The Morgan fingerprint density at radius 2 is 1.77 bits per heavy atom. The second kappa shape index (κ2) is 8.56. The number of para-hydroxylation sites is 1. The van der Waals surface area contributed by atoms with Gasteiger partial charge in [0.2, 0.25) is 29.3 Å². The monoisotopic (exact) mass is 405 g/mol. The van der Waals surface area contributed by atoms with Crippen LogP contribution in [0.3, 0.4) is 0 Å². The van der Waals surface area contributed by atoms with Crippen LogP contribution in [-0.2, 0) is 11.2 Å². The first-order chi connectivity index (χ1) is 14.6. The highest BCUT2D eigenvalue weighted by Gasteiger charge is 2.14. The number of rotatable bonds is 7. The molecule has 30 heavy (non-hydrogen) atoms. The van der Waals surface area contributed by atoms with E-state index in [2.05, 4.69) is 25.6 Å². The van der Waals surface area contributed by atoms with Crippen molar-refractivity contribution in [1.29, 1.82) is 0 Å². The van der Waals surface area contributed by atoms with Crippen LogP contribution in [-0.4, -0.2) is 33.3 Å². The lowest BCUT2D eigenvalue weighted by atomic mass is 10.1. The summed E-state index contributed by atoms with van der Waals surface area (Å²) in [7, 11) is 1.61. The van der Waals surface area contributed by atoms with Crippen LogP contribution in [0.25, 0.3) is 22.8 Å². The van der Waals surface area contributed by atoms with Crippen molar-refractivity contribution in [1.82, 2.24) is 20.3 Å². The fourth-order valence-corrected chi connectivity index (χ4v) is 2.84. The van der Waals surface area contributed by atoms with Gasteiger partial charge in [0, 0.05) is 30.9 Å². The second-order valence-corrected chi connectivity index (χ2v) is 6.47. The highest BCUT2D eigenvalue weighted by atomic mass is 16.5. The maximum absolute atomic E-state index is 12.4. The first-order valence-electron chi connectivity index (χ1n) is 9.29. The first-order valence-corrected chi connectivity index (χ1v) is 9.29. The zero-order valence-electron chi connectivity index (χ0n) is 16.5. The van der Waals surface area contributed by atoms with Gasteiger partial charge in [-0.3, -0.25) is 4.79 Å². The Balaban J connectivity index is 1.38. The molecule has 0 saturated heterocycles. The highest BCUT2D eigenvalue weighted by Crippen LogP contribution is 2.25. The molecular formula is C21H19N5O4. The van der Waals surface area contributed by atoms with Crippen LogP contribution in [0.15, 0.2) is 57.6 Å². The van der Waals surface area contributed by atoms with E-state index >= 15 is 0 Å². The number of aromatic nitrogens is 4. The van der Waals surface area contributed by atoms with Crippen LogP contribution >= 0.6 is 0 Å². The van der Waals surface area contributed by atoms with Gasteiger partial charge < -0.3 is 19.1 Å². The Hall–Kier alpha value is -4.01. The molecule has 0 saturated carbocycles. The minimum atomic E-state index is -0.188. The Morgan fingerprint density at radius 1 is 1.00 bits per heavy atom. The summed E-state index contributed by atoms with van der Waals surface area (Å²) in [5, 5.41) is 10.8. The van der Waals surface area contributed by atoms with Gasteiger partial charge in [0.15, 0.2) is 0 Å². The van der Waals surface area contributed by atoms with E-state index in [0.717, 1.165) is 11.3 Å². The number of methoxy groups -OCH3 is 1. The van der Waals surface area contributed by atoms with E-state index in [1.165, 1.54) is 0 Å². The molecule has 0 aliphatic heterocycles. The van der Waals surface area contributed by atoms with E-state index in [1.54, 1.807) is 20.1 Å². The molecule has 0 unspecified atom stereocenters. The van der Waals surface area contributed by atoms with Crippen LogP contribution in [0.5, 0.6) is 5.75 Å². The lowest BCUT2D eigenvalue weighted by Gasteiger charge is -2.07. The molecule has 2 aromatic heterocycles. The zero-order valence-corrected chi connectivity index (χ0v) is 16.5. The molecule has 1 N–H and O–H groups in total. The van der Waals surface area contributed by atoms with Crippen molar-refractivity contribution in [3.05, 3.63) is 60.3 Å². The lowest BCUT2D eigenvalue weighted by Crippen LogP contribution is -2.13. The molecule has 9 heteroatoms. The van der Waals surface area contributed by atoms with E-state index in [1.807, 2.05) is 42.5 Å². The number of carbonyl (C=O) groups is 1. The summed E-state index contributed by atoms with van der Waals surface area (Å²) >= 11 is 0. The van der Waals surface area contributed by atoms with E-state index < -0.39 is 0 Å². The Kier molecular flexibility index (Phi) is 5.51. The molecule has 152 valence electrons. The van der Waals surface area contributed by atoms with E-state index in [4.69, 9.17) is 13.8 Å². The highest BCUT2D eigenvalue weighted by molar-refractivity contribution is 5.94. The third kappa shape index (κ3) is 4.35. The Morgan fingerprint density at radius 3 is 2.50 bits per heavy atom. The number of nitrogens with zero attached hydrogens (tertiary/aromatic N) is 4. The van der Waals surface area contributed by atoms with Gasteiger partial charge in [-0.05, 0) is 36.4 Å².